The first-order valence-corrected chi connectivity index (χ1v) is 6.96. The van der Waals surface area contributed by atoms with Gasteiger partial charge in [-0.3, -0.25) is 0 Å². The summed E-state index contributed by atoms with van der Waals surface area (Å²) < 4.78 is 0. The number of para-hydroxylation sites is 1. The van der Waals surface area contributed by atoms with E-state index < -0.39 is 0 Å². The summed E-state index contributed by atoms with van der Waals surface area (Å²) in [5.74, 6) is 1.43. The summed E-state index contributed by atoms with van der Waals surface area (Å²) in [7, 11) is 1.87. The van der Waals surface area contributed by atoms with E-state index in [1.54, 1.807) is 0 Å². The first kappa shape index (κ1) is 13.4. The molecule has 0 saturated carbocycles. The Morgan fingerprint density at radius 2 is 1.76 bits per heavy atom. The van der Waals surface area contributed by atoms with Gasteiger partial charge in [-0.25, -0.2) is 4.98 Å². The molecule has 0 saturated heterocycles. The van der Waals surface area contributed by atoms with Gasteiger partial charge in [-0.2, -0.15) is 4.98 Å². The monoisotopic (exact) mass is 278 g/mol. The SMILES string of the molecule is CNc1nc(Nc2cc(C)ccc2C)nc2ccccc12. The van der Waals surface area contributed by atoms with Gasteiger partial charge in [0.2, 0.25) is 5.95 Å². The molecule has 0 unspecified atom stereocenters. The van der Waals surface area contributed by atoms with Crippen molar-refractivity contribution >= 4 is 28.4 Å². The Kier molecular flexibility index (Phi) is 3.44. The number of hydrogen-bond donors (Lipinski definition) is 2. The van der Waals surface area contributed by atoms with Gasteiger partial charge >= 0.3 is 0 Å². The van der Waals surface area contributed by atoms with Gasteiger partial charge in [0.25, 0.3) is 0 Å². The Labute approximate surface area is 124 Å². The molecule has 106 valence electrons. The van der Waals surface area contributed by atoms with Gasteiger partial charge in [-0.05, 0) is 43.2 Å². The highest BCUT2D eigenvalue weighted by molar-refractivity contribution is 5.90. The molecule has 0 radical (unpaired) electrons. The van der Waals surface area contributed by atoms with E-state index in [2.05, 4.69) is 52.6 Å². The number of anilines is 3. The van der Waals surface area contributed by atoms with Crippen LogP contribution in [0.2, 0.25) is 0 Å². The van der Waals surface area contributed by atoms with Gasteiger partial charge in [-0.15, -0.1) is 0 Å². The highest BCUT2D eigenvalue weighted by Crippen LogP contribution is 2.24. The second-order valence-electron chi connectivity index (χ2n) is 5.11. The van der Waals surface area contributed by atoms with E-state index in [0.29, 0.717) is 5.95 Å². The Morgan fingerprint density at radius 1 is 0.952 bits per heavy atom. The number of rotatable bonds is 3. The summed E-state index contributed by atoms with van der Waals surface area (Å²) in [6, 6.07) is 14.3. The third kappa shape index (κ3) is 2.65. The van der Waals surface area contributed by atoms with Crippen molar-refractivity contribution in [3.63, 3.8) is 0 Å². The molecule has 0 bridgehead atoms. The summed E-state index contributed by atoms with van der Waals surface area (Å²) in [6.07, 6.45) is 0. The van der Waals surface area contributed by atoms with Gasteiger partial charge in [0.15, 0.2) is 0 Å². The van der Waals surface area contributed by atoms with E-state index in [1.165, 1.54) is 11.1 Å². The molecule has 0 spiro atoms. The third-order valence-electron chi connectivity index (χ3n) is 3.48. The fraction of sp³-hybridized carbons (Fsp3) is 0.176. The molecule has 0 aliphatic rings. The van der Waals surface area contributed by atoms with E-state index in [4.69, 9.17) is 0 Å². The fourth-order valence-electron chi connectivity index (χ4n) is 2.31. The maximum absolute atomic E-state index is 4.59. The van der Waals surface area contributed by atoms with E-state index >= 15 is 0 Å². The topological polar surface area (TPSA) is 49.8 Å². The number of nitrogens with one attached hydrogen (secondary N) is 2. The number of hydrogen-bond acceptors (Lipinski definition) is 4. The first-order chi connectivity index (χ1) is 10.2. The Morgan fingerprint density at radius 3 is 2.57 bits per heavy atom. The van der Waals surface area contributed by atoms with Crippen LogP contribution in [0.1, 0.15) is 11.1 Å². The van der Waals surface area contributed by atoms with Crippen LogP contribution in [-0.4, -0.2) is 17.0 Å². The lowest BCUT2D eigenvalue weighted by molar-refractivity contribution is 1.19. The second-order valence-corrected chi connectivity index (χ2v) is 5.11. The smallest absolute Gasteiger partial charge is 0.229 e. The molecule has 0 aliphatic carbocycles. The molecule has 21 heavy (non-hydrogen) atoms. The van der Waals surface area contributed by atoms with E-state index in [1.807, 2.05) is 31.3 Å². The average Bonchev–Trinajstić information content (AvgIpc) is 2.50. The minimum atomic E-state index is 0.603. The molecule has 0 atom stereocenters. The third-order valence-corrected chi connectivity index (χ3v) is 3.48. The molecular weight excluding hydrogens is 260 g/mol. The summed E-state index contributed by atoms with van der Waals surface area (Å²) in [5.41, 5.74) is 4.33. The first-order valence-electron chi connectivity index (χ1n) is 6.96. The lowest BCUT2D eigenvalue weighted by Gasteiger charge is -2.12. The maximum Gasteiger partial charge on any atom is 0.229 e. The number of nitrogens with zero attached hydrogens (tertiary/aromatic N) is 2. The number of aryl methyl sites for hydroxylation is 2. The van der Waals surface area contributed by atoms with Crippen molar-refractivity contribution in [2.75, 3.05) is 17.7 Å². The Bertz CT molecular complexity index is 796. The summed E-state index contributed by atoms with van der Waals surface area (Å²) in [5, 5.41) is 7.47. The largest absolute Gasteiger partial charge is 0.372 e. The van der Waals surface area contributed by atoms with Crippen molar-refractivity contribution in [3.8, 4) is 0 Å². The standard InChI is InChI=1S/C17H18N4/c1-11-8-9-12(2)15(10-11)20-17-19-14-7-5-4-6-13(14)16(18-3)21-17/h4-10H,1-3H3,(H2,18,19,20,21). The van der Waals surface area contributed by atoms with Gasteiger partial charge < -0.3 is 10.6 Å². The van der Waals surface area contributed by atoms with Crippen LogP contribution >= 0.6 is 0 Å². The lowest BCUT2D eigenvalue weighted by atomic mass is 10.1. The molecule has 3 aromatic rings. The van der Waals surface area contributed by atoms with Crippen molar-refractivity contribution < 1.29 is 0 Å². The highest BCUT2D eigenvalue weighted by Gasteiger charge is 2.07. The molecule has 1 aromatic heterocycles. The summed E-state index contributed by atoms with van der Waals surface area (Å²) in [6.45, 7) is 4.15. The van der Waals surface area contributed by atoms with Crippen LogP contribution in [0.3, 0.4) is 0 Å². The summed E-state index contributed by atoms with van der Waals surface area (Å²) >= 11 is 0. The molecule has 0 aliphatic heterocycles. The van der Waals surface area contributed by atoms with Crippen LogP contribution in [0.25, 0.3) is 10.9 Å². The van der Waals surface area contributed by atoms with Gasteiger partial charge in [0.1, 0.15) is 5.82 Å². The van der Waals surface area contributed by atoms with Crippen LogP contribution in [0.5, 0.6) is 0 Å². The normalized spacial score (nSPS) is 10.6. The number of benzene rings is 2. The van der Waals surface area contributed by atoms with Crippen molar-refractivity contribution in [1.82, 2.24) is 9.97 Å². The number of fused-ring (bicyclic) bond motifs is 1. The second kappa shape index (κ2) is 5.40. The maximum atomic E-state index is 4.59. The predicted molar refractivity (Wildman–Crippen MR) is 88.3 cm³/mol. The average molecular weight is 278 g/mol. The van der Waals surface area contributed by atoms with Crippen LogP contribution in [0, 0.1) is 13.8 Å². The molecule has 3 rings (SSSR count). The number of aromatic nitrogens is 2. The molecule has 4 heteroatoms. The van der Waals surface area contributed by atoms with E-state index in [0.717, 1.165) is 22.4 Å². The summed E-state index contributed by atoms with van der Waals surface area (Å²) in [4.78, 5) is 9.14. The zero-order valence-electron chi connectivity index (χ0n) is 12.4. The highest BCUT2D eigenvalue weighted by atomic mass is 15.1. The van der Waals surface area contributed by atoms with Crippen LogP contribution < -0.4 is 10.6 Å². The fourth-order valence-corrected chi connectivity index (χ4v) is 2.31. The van der Waals surface area contributed by atoms with E-state index in [-0.39, 0.29) is 0 Å². The van der Waals surface area contributed by atoms with Crippen molar-refractivity contribution in [2.45, 2.75) is 13.8 Å². The van der Waals surface area contributed by atoms with Gasteiger partial charge in [0, 0.05) is 18.1 Å². The minimum Gasteiger partial charge on any atom is -0.372 e. The molecule has 4 nitrogen and oxygen atoms in total. The Balaban J connectivity index is 2.06. The molecule has 0 amide bonds. The lowest BCUT2D eigenvalue weighted by Crippen LogP contribution is -2.03. The molecule has 0 fully saturated rings. The van der Waals surface area contributed by atoms with Crippen LogP contribution in [-0.2, 0) is 0 Å². The van der Waals surface area contributed by atoms with Crippen molar-refractivity contribution in [2.24, 2.45) is 0 Å². The quantitative estimate of drug-likeness (QED) is 0.759. The van der Waals surface area contributed by atoms with Crippen LogP contribution in [0.4, 0.5) is 17.5 Å². The molecule has 1 heterocycles. The predicted octanol–water partition coefficient (Wildman–Crippen LogP) is 4.03. The zero-order chi connectivity index (χ0) is 14.8. The zero-order valence-corrected chi connectivity index (χ0v) is 12.4. The molecule has 2 N–H and O–H groups in total. The van der Waals surface area contributed by atoms with Gasteiger partial charge in [0.05, 0.1) is 5.52 Å². The van der Waals surface area contributed by atoms with Crippen molar-refractivity contribution in [3.05, 3.63) is 53.6 Å². The van der Waals surface area contributed by atoms with E-state index in [9.17, 15) is 0 Å². The van der Waals surface area contributed by atoms with Crippen LogP contribution in [0.15, 0.2) is 42.5 Å². The Hall–Kier alpha value is -2.62. The van der Waals surface area contributed by atoms with Gasteiger partial charge in [-0.1, -0.05) is 24.3 Å². The minimum absolute atomic E-state index is 0.603. The molecule has 2 aromatic carbocycles. The molecular formula is C17H18N4. The van der Waals surface area contributed by atoms with Crippen molar-refractivity contribution in [1.29, 1.82) is 0 Å².